The van der Waals surface area contributed by atoms with Crippen LogP contribution in [0, 0.1) is 6.92 Å². The summed E-state index contributed by atoms with van der Waals surface area (Å²) < 4.78 is 0. The fourth-order valence-corrected chi connectivity index (χ4v) is 2.83. The Kier molecular flexibility index (Phi) is 4.45. The number of aromatic nitrogens is 2. The van der Waals surface area contributed by atoms with E-state index in [9.17, 15) is 5.11 Å². The first-order valence-electron chi connectivity index (χ1n) is 7.35. The highest BCUT2D eigenvalue weighted by Crippen LogP contribution is 2.20. The van der Waals surface area contributed by atoms with E-state index < -0.39 is 0 Å². The van der Waals surface area contributed by atoms with E-state index >= 15 is 0 Å². The lowest BCUT2D eigenvalue weighted by atomic mass is 10.1. The van der Waals surface area contributed by atoms with E-state index in [0.29, 0.717) is 5.95 Å². The van der Waals surface area contributed by atoms with Gasteiger partial charge in [0.15, 0.2) is 5.75 Å². The predicted octanol–water partition coefficient (Wildman–Crippen LogP) is 2.47. The summed E-state index contributed by atoms with van der Waals surface area (Å²) in [6, 6.07) is 6.15. The third kappa shape index (κ3) is 3.48. The summed E-state index contributed by atoms with van der Waals surface area (Å²) in [5, 5.41) is 10.1. The Bertz CT molecular complexity index is 639. The molecule has 5 nitrogen and oxygen atoms in total. The number of anilines is 1. The summed E-state index contributed by atoms with van der Waals surface area (Å²) in [7, 11) is 0. The highest BCUT2D eigenvalue weighted by molar-refractivity contribution is 6.31. The van der Waals surface area contributed by atoms with Crippen molar-refractivity contribution in [1.29, 1.82) is 0 Å². The largest absolute Gasteiger partial charge is 0.505 e. The lowest BCUT2D eigenvalue weighted by Gasteiger charge is -2.34. The van der Waals surface area contributed by atoms with Crippen LogP contribution < -0.4 is 4.90 Å². The number of rotatable bonds is 3. The van der Waals surface area contributed by atoms with Crippen molar-refractivity contribution < 1.29 is 5.11 Å². The molecule has 2 aromatic rings. The average molecular weight is 319 g/mol. The molecule has 0 bridgehead atoms. The van der Waals surface area contributed by atoms with Gasteiger partial charge in [-0.1, -0.05) is 29.3 Å². The monoisotopic (exact) mass is 318 g/mol. The maximum atomic E-state index is 9.25. The Hall–Kier alpha value is -1.85. The van der Waals surface area contributed by atoms with Crippen molar-refractivity contribution in [3.05, 3.63) is 46.7 Å². The number of halogens is 1. The van der Waals surface area contributed by atoms with Crippen LogP contribution in [0.2, 0.25) is 5.02 Å². The van der Waals surface area contributed by atoms with Crippen LogP contribution in [0.1, 0.15) is 11.1 Å². The van der Waals surface area contributed by atoms with Crippen molar-refractivity contribution in [2.24, 2.45) is 0 Å². The predicted molar refractivity (Wildman–Crippen MR) is 87.4 cm³/mol. The molecule has 0 atom stereocenters. The second-order valence-corrected chi connectivity index (χ2v) is 6.01. The van der Waals surface area contributed by atoms with Crippen molar-refractivity contribution in [2.75, 3.05) is 31.1 Å². The number of benzene rings is 1. The summed E-state index contributed by atoms with van der Waals surface area (Å²) >= 11 is 6.27. The Labute approximate surface area is 135 Å². The van der Waals surface area contributed by atoms with E-state index in [1.807, 2.05) is 12.1 Å². The van der Waals surface area contributed by atoms with E-state index in [1.54, 1.807) is 0 Å². The number of nitrogens with zero attached hydrogens (tertiary/aromatic N) is 4. The topological polar surface area (TPSA) is 52.5 Å². The number of aryl methyl sites for hydroxylation is 1. The molecule has 2 heterocycles. The van der Waals surface area contributed by atoms with Gasteiger partial charge in [-0.05, 0) is 18.6 Å². The fourth-order valence-electron chi connectivity index (χ4n) is 2.65. The Morgan fingerprint density at radius 1 is 1.14 bits per heavy atom. The van der Waals surface area contributed by atoms with E-state index in [1.165, 1.54) is 23.5 Å². The third-order valence-electron chi connectivity index (χ3n) is 3.87. The molecule has 0 amide bonds. The molecule has 1 fully saturated rings. The summed E-state index contributed by atoms with van der Waals surface area (Å²) in [5.74, 6) is 0.766. The standard InChI is InChI=1S/C16H19ClN4O/c1-12-2-3-15(17)13(8-12)11-20-4-6-21(7-5-20)16-18-9-14(22)10-19-16/h2-3,8-10,22H,4-7,11H2,1H3. The van der Waals surface area contributed by atoms with Gasteiger partial charge in [-0.3, -0.25) is 4.90 Å². The molecule has 0 saturated carbocycles. The Morgan fingerprint density at radius 3 is 2.50 bits per heavy atom. The Balaban J connectivity index is 1.60. The van der Waals surface area contributed by atoms with Crippen LogP contribution in [0.15, 0.2) is 30.6 Å². The van der Waals surface area contributed by atoms with Gasteiger partial charge in [0, 0.05) is 37.7 Å². The van der Waals surface area contributed by atoms with Crippen LogP contribution in [-0.2, 0) is 6.54 Å². The first-order chi connectivity index (χ1) is 10.6. The van der Waals surface area contributed by atoms with E-state index in [-0.39, 0.29) is 5.75 Å². The number of hydrogen-bond donors (Lipinski definition) is 1. The maximum absolute atomic E-state index is 9.25. The first-order valence-corrected chi connectivity index (χ1v) is 7.73. The molecule has 0 aliphatic carbocycles. The fraction of sp³-hybridized carbons (Fsp3) is 0.375. The summed E-state index contributed by atoms with van der Waals surface area (Å²) in [6.45, 7) is 6.57. The molecule has 1 aliphatic heterocycles. The van der Waals surface area contributed by atoms with Crippen molar-refractivity contribution in [2.45, 2.75) is 13.5 Å². The van der Waals surface area contributed by atoms with Crippen LogP contribution in [-0.4, -0.2) is 46.2 Å². The van der Waals surface area contributed by atoms with Gasteiger partial charge in [0.05, 0.1) is 12.4 Å². The van der Waals surface area contributed by atoms with Crippen LogP contribution in [0.5, 0.6) is 5.75 Å². The van der Waals surface area contributed by atoms with Gasteiger partial charge < -0.3 is 10.0 Å². The lowest BCUT2D eigenvalue weighted by molar-refractivity contribution is 0.248. The van der Waals surface area contributed by atoms with Crippen molar-refractivity contribution in [1.82, 2.24) is 14.9 Å². The number of aromatic hydroxyl groups is 1. The number of hydrogen-bond acceptors (Lipinski definition) is 5. The molecular weight excluding hydrogens is 300 g/mol. The molecule has 1 saturated heterocycles. The molecular formula is C16H19ClN4O. The van der Waals surface area contributed by atoms with E-state index in [4.69, 9.17) is 11.6 Å². The van der Waals surface area contributed by atoms with Crippen LogP contribution in [0.3, 0.4) is 0 Å². The smallest absolute Gasteiger partial charge is 0.225 e. The molecule has 1 aliphatic rings. The molecule has 116 valence electrons. The minimum Gasteiger partial charge on any atom is -0.505 e. The molecule has 3 rings (SSSR count). The lowest BCUT2D eigenvalue weighted by Crippen LogP contribution is -2.46. The zero-order valence-electron chi connectivity index (χ0n) is 12.5. The summed E-state index contributed by atoms with van der Waals surface area (Å²) in [4.78, 5) is 12.8. The third-order valence-corrected chi connectivity index (χ3v) is 4.24. The minimum atomic E-state index is 0.0940. The van der Waals surface area contributed by atoms with Gasteiger partial charge in [0.2, 0.25) is 5.95 Å². The van der Waals surface area contributed by atoms with Crippen LogP contribution in [0.25, 0.3) is 0 Å². The first kappa shape index (κ1) is 15.1. The van der Waals surface area contributed by atoms with E-state index in [2.05, 4.69) is 32.8 Å². The molecule has 1 aromatic heterocycles. The molecule has 1 N–H and O–H groups in total. The zero-order valence-corrected chi connectivity index (χ0v) is 13.3. The molecule has 0 spiro atoms. The highest BCUT2D eigenvalue weighted by Gasteiger charge is 2.19. The summed E-state index contributed by atoms with van der Waals surface area (Å²) in [6.07, 6.45) is 2.86. The highest BCUT2D eigenvalue weighted by atomic mass is 35.5. The molecule has 0 radical (unpaired) electrons. The molecule has 22 heavy (non-hydrogen) atoms. The van der Waals surface area contributed by atoms with Gasteiger partial charge >= 0.3 is 0 Å². The van der Waals surface area contributed by atoms with Gasteiger partial charge in [0.25, 0.3) is 0 Å². The quantitative estimate of drug-likeness (QED) is 0.942. The van der Waals surface area contributed by atoms with Crippen molar-refractivity contribution in [3.63, 3.8) is 0 Å². The SMILES string of the molecule is Cc1ccc(Cl)c(CN2CCN(c3ncc(O)cn3)CC2)c1. The second-order valence-electron chi connectivity index (χ2n) is 5.60. The van der Waals surface area contributed by atoms with Gasteiger partial charge in [-0.25, -0.2) is 9.97 Å². The normalized spacial score (nSPS) is 16.0. The van der Waals surface area contributed by atoms with Crippen molar-refractivity contribution in [3.8, 4) is 5.75 Å². The second kappa shape index (κ2) is 6.50. The summed E-state index contributed by atoms with van der Waals surface area (Å²) in [5.41, 5.74) is 2.41. The molecule has 1 aromatic carbocycles. The van der Waals surface area contributed by atoms with Crippen LogP contribution in [0.4, 0.5) is 5.95 Å². The van der Waals surface area contributed by atoms with Gasteiger partial charge in [-0.2, -0.15) is 0 Å². The van der Waals surface area contributed by atoms with Gasteiger partial charge in [-0.15, -0.1) is 0 Å². The van der Waals surface area contributed by atoms with Crippen molar-refractivity contribution >= 4 is 17.5 Å². The zero-order chi connectivity index (χ0) is 15.5. The average Bonchev–Trinajstić information content (AvgIpc) is 2.53. The Morgan fingerprint density at radius 2 is 1.82 bits per heavy atom. The maximum Gasteiger partial charge on any atom is 0.225 e. The van der Waals surface area contributed by atoms with Crippen LogP contribution >= 0.6 is 11.6 Å². The molecule has 0 unspecified atom stereocenters. The number of piperazine rings is 1. The van der Waals surface area contributed by atoms with Gasteiger partial charge in [0.1, 0.15) is 0 Å². The minimum absolute atomic E-state index is 0.0940. The van der Waals surface area contributed by atoms with E-state index in [0.717, 1.165) is 37.7 Å². The molecule has 6 heteroatoms.